The molecule has 1 aromatic carbocycles. The molecule has 3 nitrogen and oxygen atoms in total. The molecule has 0 aliphatic rings. The molecule has 0 amide bonds. The highest BCUT2D eigenvalue weighted by Gasteiger charge is 2.29. The van der Waals surface area contributed by atoms with E-state index < -0.39 is 17.7 Å². The molecule has 0 unspecified atom stereocenters. The number of alkyl halides is 3. The molecule has 0 fully saturated rings. The van der Waals surface area contributed by atoms with Crippen molar-refractivity contribution in [2.75, 3.05) is 0 Å². The molecule has 0 radical (unpaired) electrons. The zero-order valence-corrected chi connectivity index (χ0v) is 12.9. The lowest BCUT2D eigenvalue weighted by molar-refractivity contribution is -0.137. The van der Waals surface area contributed by atoms with E-state index in [0.717, 1.165) is 24.1 Å². The molecule has 2 rings (SSSR count). The highest BCUT2D eigenvalue weighted by atomic mass is 19.4. The van der Waals surface area contributed by atoms with E-state index in [1.165, 1.54) is 12.1 Å². The largest absolute Gasteiger partial charge is 0.477 e. The van der Waals surface area contributed by atoms with Gasteiger partial charge in [0, 0.05) is 12.7 Å². The van der Waals surface area contributed by atoms with Crippen molar-refractivity contribution in [3.63, 3.8) is 0 Å². The quantitative estimate of drug-likeness (QED) is 0.882. The Bertz CT molecular complexity index is 685. The summed E-state index contributed by atoms with van der Waals surface area (Å²) >= 11 is 0. The Morgan fingerprint density at radius 2 is 1.78 bits per heavy atom. The molecule has 0 saturated heterocycles. The molecule has 0 aliphatic carbocycles. The summed E-state index contributed by atoms with van der Waals surface area (Å²) in [5, 5.41) is 9.27. The number of halogens is 3. The normalized spacial score (nSPS) is 11.9. The number of hydrogen-bond acceptors (Lipinski definition) is 1. The summed E-state index contributed by atoms with van der Waals surface area (Å²) in [7, 11) is 0. The number of benzene rings is 1. The van der Waals surface area contributed by atoms with Gasteiger partial charge >= 0.3 is 12.1 Å². The van der Waals surface area contributed by atoms with Gasteiger partial charge in [-0.15, -0.1) is 0 Å². The van der Waals surface area contributed by atoms with E-state index in [2.05, 4.69) is 0 Å². The lowest BCUT2D eigenvalue weighted by Crippen LogP contribution is -2.09. The fourth-order valence-corrected chi connectivity index (χ4v) is 2.46. The van der Waals surface area contributed by atoms with Gasteiger partial charge in [0.2, 0.25) is 0 Å². The van der Waals surface area contributed by atoms with Crippen molar-refractivity contribution < 1.29 is 23.1 Å². The Kier molecular flexibility index (Phi) is 4.82. The summed E-state index contributed by atoms with van der Waals surface area (Å²) < 4.78 is 39.2. The van der Waals surface area contributed by atoms with Gasteiger partial charge in [-0.1, -0.05) is 26.0 Å². The van der Waals surface area contributed by atoms with Crippen LogP contribution >= 0.6 is 0 Å². The maximum Gasteiger partial charge on any atom is 0.416 e. The van der Waals surface area contributed by atoms with Gasteiger partial charge in [-0.05, 0) is 41.7 Å². The van der Waals surface area contributed by atoms with Crippen LogP contribution < -0.4 is 0 Å². The number of nitrogens with zero attached hydrogens (tertiary/aromatic N) is 1. The summed E-state index contributed by atoms with van der Waals surface area (Å²) in [6.07, 6.45) is -1.87. The maximum absolute atomic E-state index is 12.6. The Hall–Kier alpha value is -2.24. The third kappa shape index (κ3) is 4.37. The molecule has 1 N–H and O–H groups in total. The Morgan fingerprint density at radius 3 is 2.26 bits per heavy atom. The first-order chi connectivity index (χ1) is 10.7. The third-order valence-corrected chi connectivity index (χ3v) is 3.45. The zero-order chi connectivity index (χ0) is 17.2. The van der Waals surface area contributed by atoms with Crippen molar-refractivity contribution >= 4 is 5.97 Å². The minimum absolute atomic E-state index is 0.139. The van der Waals surface area contributed by atoms with Crippen LogP contribution in [0.3, 0.4) is 0 Å². The summed E-state index contributed by atoms with van der Waals surface area (Å²) in [5.74, 6) is -0.662. The Balaban J connectivity index is 2.25. The monoisotopic (exact) mass is 325 g/mol. The van der Waals surface area contributed by atoms with Crippen molar-refractivity contribution in [3.8, 4) is 0 Å². The van der Waals surface area contributed by atoms with Gasteiger partial charge in [0.25, 0.3) is 0 Å². The standard InChI is InChI=1S/C17H18F3NO2/c1-11(2)7-13-8-15(16(22)23)21(10-13)9-12-3-5-14(6-4-12)17(18,19)20/h3-6,8,10-11H,7,9H2,1-2H3,(H,22,23). The van der Waals surface area contributed by atoms with Gasteiger partial charge in [-0.2, -0.15) is 13.2 Å². The molecule has 6 heteroatoms. The average Bonchev–Trinajstić information content (AvgIpc) is 2.80. The molecule has 23 heavy (non-hydrogen) atoms. The van der Waals surface area contributed by atoms with Crippen LogP contribution in [0.15, 0.2) is 36.5 Å². The van der Waals surface area contributed by atoms with Crippen molar-refractivity contribution in [2.45, 2.75) is 33.0 Å². The number of aromatic carboxylic acids is 1. The summed E-state index contributed by atoms with van der Waals surface area (Å²) in [6.45, 7) is 4.29. The van der Waals surface area contributed by atoms with E-state index in [9.17, 15) is 23.1 Å². The summed E-state index contributed by atoms with van der Waals surface area (Å²) in [4.78, 5) is 11.3. The second-order valence-electron chi connectivity index (χ2n) is 5.96. The Morgan fingerprint density at radius 1 is 1.17 bits per heavy atom. The number of carboxylic acid groups (broad SMARTS) is 1. The number of rotatable bonds is 5. The molecule has 1 aromatic heterocycles. The van der Waals surface area contributed by atoms with Crippen LogP contribution in [0.1, 0.15) is 41.0 Å². The van der Waals surface area contributed by atoms with E-state index in [1.54, 1.807) is 16.8 Å². The lowest BCUT2D eigenvalue weighted by Gasteiger charge is -2.09. The predicted octanol–water partition coefficient (Wildman–Crippen LogP) is 4.45. The van der Waals surface area contributed by atoms with Crippen LogP contribution in [0, 0.1) is 5.92 Å². The van der Waals surface area contributed by atoms with Crippen molar-refractivity contribution in [1.29, 1.82) is 0 Å². The topological polar surface area (TPSA) is 42.2 Å². The first-order valence-corrected chi connectivity index (χ1v) is 7.25. The highest BCUT2D eigenvalue weighted by molar-refractivity contribution is 5.86. The molecule has 0 spiro atoms. The van der Waals surface area contributed by atoms with Crippen LogP contribution in [0.2, 0.25) is 0 Å². The molecular weight excluding hydrogens is 307 g/mol. The van der Waals surface area contributed by atoms with Crippen molar-refractivity contribution in [3.05, 3.63) is 58.9 Å². The SMILES string of the molecule is CC(C)Cc1cc(C(=O)O)n(Cc2ccc(C(F)(F)F)cc2)c1. The molecular formula is C17H18F3NO2. The Labute approximate surface area is 132 Å². The van der Waals surface area contributed by atoms with Gasteiger partial charge in [0.05, 0.1) is 5.56 Å². The molecule has 0 aliphatic heterocycles. The van der Waals surface area contributed by atoms with E-state index in [-0.39, 0.29) is 12.2 Å². The number of hydrogen-bond donors (Lipinski definition) is 1. The summed E-state index contributed by atoms with van der Waals surface area (Å²) in [5.41, 5.74) is 0.949. The van der Waals surface area contributed by atoms with E-state index >= 15 is 0 Å². The van der Waals surface area contributed by atoms with Crippen molar-refractivity contribution in [1.82, 2.24) is 4.57 Å². The number of carboxylic acids is 1. The molecule has 124 valence electrons. The first-order valence-electron chi connectivity index (χ1n) is 7.25. The van der Waals surface area contributed by atoms with Crippen LogP contribution in [-0.4, -0.2) is 15.6 Å². The highest BCUT2D eigenvalue weighted by Crippen LogP contribution is 2.29. The molecule has 1 heterocycles. The lowest BCUT2D eigenvalue weighted by atomic mass is 10.1. The van der Waals surface area contributed by atoms with E-state index in [4.69, 9.17) is 0 Å². The average molecular weight is 325 g/mol. The van der Waals surface area contributed by atoms with E-state index in [1.807, 2.05) is 13.8 Å². The third-order valence-electron chi connectivity index (χ3n) is 3.45. The number of aromatic nitrogens is 1. The fourth-order valence-electron chi connectivity index (χ4n) is 2.46. The van der Waals surface area contributed by atoms with Crippen LogP contribution in [0.25, 0.3) is 0 Å². The minimum Gasteiger partial charge on any atom is -0.477 e. The van der Waals surface area contributed by atoms with Gasteiger partial charge in [-0.25, -0.2) is 4.79 Å². The number of carbonyl (C=O) groups is 1. The zero-order valence-electron chi connectivity index (χ0n) is 12.9. The molecule has 0 bridgehead atoms. The van der Waals surface area contributed by atoms with Gasteiger partial charge < -0.3 is 9.67 Å². The van der Waals surface area contributed by atoms with Crippen molar-refractivity contribution in [2.24, 2.45) is 5.92 Å². The smallest absolute Gasteiger partial charge is 0.416 e. The van der Waals surface area contributed by atoms with Gasteiger partial charge in [0.1, 0.15) is 5.69 Å². The first kappa shape index (κ1) is 17.1. The molecule has 0 saturated carbocycles. The van der Waals surface area contributed by atoms with Crippen LogP contribution in [0.5, 0.6) is 0 Å². The van der Waals surface area contributed by atoms with Crippen LogP contribution in [0.4, 0.5) is 13.2 Å². The molecule has 2 aromatic rings. The molecule has 0 atom stereocenters. The minimum atomic E-state index is -4.37. The van der Waals surface area contributed by atoms with Gasteiger partial charge in [0.15, 0.2) is 0 Å². The fraction of sp³-hybridized carbons (Fsp3) is 0.353. The predicted molar refractivity (Wildman–Crippen MR) is 80.5 cm³/mol. The van der Waals surface area contributed by atoms with E-state index in [0.29, 0.717) is 11.5 Å². The maximum atomic E-state index is 12.6. The summed E-state index contributed by atoms with van der Waals surface area (Å²) in [6, 6.07) is 6.38. The second-order valence-corrected chi connectivity index (χ2v) is 5.96. The van der Waals surface area contributed by atoms with Crippen LogP contribution in [-0.2, 0) is 19.1 Å². The van der Waals surface area contributed by atoms with Gasteiger partial charge in [-0.3, -0.25) is 0 Å². The second kappa shape index (κ2) is 6.48.